The van der Waals surface area contributed by atoms with E-state index in [9.17, 15) is 22.0 Å². The predicted octanol–water partition coefficient (Wildman–Crippen LogP) is 2.05. The van der Waals surface area contributed by atoms with Gasteiger partial charge < -0.3 is 11.1 Å². The van der Waals surface area contributed by atoms with Gasteiger partial charge in [0.15, 0.2) is 9.84 Å². The highest BCUT2D eigenvalue weighted by Crippen LogP contribution is 2.33. The smallest absolute Gasteiger partial charge is 0.221 e. The molecule has 1 saturated heterocycles. The van der Waals surface area contributed by atoms with Crippen molar-refractivity contribution in [2.24, 2.45) is 5.73 Å². The molecule has 2 aromatic carbocycles. The molecule has 1 aliphatic heterocycles. The number of amides is 1. The van der Waals surface area contributed by atoms with Crippen molar-refractivity contribution in [3.05, 3.63) is 70.8 Å². The molecule has 1 unspecified atom stereocenters. The third-order valence-electron chi connectivity index (χ3n) is 5.17. The monoisotopic (exact) mass is 408 g/mol. The number of primary amides is 1. The number of hydrogen-bond acceptors (Lipinski definition) is 4. The van der Waals surface area contributed by atoms with Gasteiger partial charge in [0, 0.05) is 18.2 Å². The summed E-state index contributed by atoms with van der Waals surface area (Å²) in [6.07, 6.45) is -0.585. The lowest BCUT2D eigenvalue weighted by Gasteiger charge is -2.35. The average molecular weight is 408 g/mol. The molecule has 0 aromatic heterocycles. The maximum atomic E-state index is 14.5. The molecule has 1 amide bonds. The number of hydrogen-bond donors (Lipinski definition) is 2. The van der Waals surface area contributed by atoms with Gasteiger partial charge in [0.05, 0.1) is 16.9 Å². The number of nitrogens with two attached hydrogens (primary N) is 1. The number of sulfone groups is 1. The number of carbonyl (C=O) groups excluding carboxylic acids is 1. The molecule has 2 aromatic rings. The van der Waals surface area contributed by atoms with E-state index in [1.165, 1.54) is 0 Å². The Balaban J connectivity index is 1.92. The van der Waals surface area contributed by atoms with Crippen LogP contribution in [0.4, 0.5) is 8.78 Å². The standard InChI is InChI=1S/C20H22F2N2O3S/c1-12-18(9-14-7-17(22)15(8-16(14)21)10-20(23)25)28(26,27)19(11-24-12)13-5-3-2-4-6-13/h2-8,12,18-19,24H,9-11H2,1H3,(H2,23,25)/t12-,18?,19-/m0/s1. The van der Waals surface area contributed by atoms with Gasteiger partial charge in [-0.05, 0) is 36.6 Å². The summed E-state index contributed by atoms with van der Waals surface area (Å²) in [5.41, 5.74) is 5.52. The molecule has 3 rings (SSSR count). The van der Waals surface area contributed by atoms with Crippen LogP contribution in [0, 0.1) is 11.6 Å². The van der Waals surface area contributed by atoms with E-state index in [2.05, 4.69) is 5.32 Å². The predicted molar refractivity (Wildman–Crippen MR) is 102 cm³/mol. The molecular formula is C20H22F2N2O3S. The second-order valence-corrected chi connectivity index (χ2v) is 9.46. The van der Waals surface area contributed by atoms with E-state index in [0.717, 1.165) is 12.1 Å². The fourth-order valence-corrected chi connectivity index (χ4v) is 5.99. The summed E-state index contributed by atoms with van der Waals surface area (Å²) in [5, 5.41) is 1.50. The topological polar surface area (TPSA) is 89.3 Å². The zero-order valence-electron chi connectivity index (χ0n) is 15.4. The molecule has 3 atom stereocenters. The molecule has 1 heterocycles. The summed E-state index contributed by atoms with van der Waals surface area (Å²) in [4.78, 5) is 11.0. The van der Waals surface area contributed by atoms with Crippen LogP contribution in [-0.2, 0) is 27.5 Å². The van der Waals surface area contributed by atoms with Gasteiger partial charge in [0.1, 0.15) is 11.6 Å². The molecule has 0 aliphatic carbocycles. The maximum absolute atomic E-state index is 14.5. The first-order chi connectivity index (χ1) is 13.2. The number of nitrogens with one attached hydrogen (secondary N) is 1. The summed E-state index contributed by atoms with van der Waals surface area (Å²) >= 11 is 0. The molecule has 28 heavy (non-hydrogen) atoms. The minimum absolute atomic E-state index is 0.0401. The SMILES string of the molecule is C[C@@H]1NC[C@@H](c2ccccc2)S(=O)(=O)C1Cc1cc(F)c(CC(N)=O)cc1F. The molecule has 8 heteroatoms. The normalized spacial score (nSPS) is 24.0. The first kappa shape index (κ1) is 20.4. The van der Waals surface area contributed by atoms with Crippen LogP contribution >= 0.6 is 0 Å². The minimum Gasteiger partial charge on any atom is -0.369 e. The lowest BCUT2D eigenvalue weighted by molar-refractivity contribution is -0.117. The van der Waals surface area contributed by atoms with Gasteiger partial charge in [-0.3, -0.25) is 4.79 Å². The lowest BCUT2D eigenvalue weighted by Crippen LogP contribution is -2.53. The van der Waals surface area contributed by atoms with E-state index < -0.39 is 50.3 Å². The Morgan fingerprint density at radius 1 is 1.14 bits per heavy atom. The van der Waals surface area contributed by atoms with E-state index in [0.29, 0.717) is 5.56 Å². The highest BCUT2D eigenvalue weighted by atomic mass is 32.2. The van der Waals surface area contributed by atoms with Gasteiger partial charge in [-0.2, -0.15) is 0 Å². The third-order valence-corrected chi connectivity index (χ3v) is 7.82. The van der Waals surface area contributed by atoms with Crippen molar-refractivity contribution in [2.75, 3.05) is 6.54 Å². The van der Waals surface area contributed by atoms with Crippen LogP contribution in [0.5, 0.6) is 0 Å². The van der Waals surface area contributed by atoms with Crippen molar-refractivity contribution in [3.8, 4) is 0 Å². The second kappa shape index (κ2) is 7.97. The Labute approximate surface area is 162 Å². The van der Waals surface area contributed by atoms with Crippen molar-refractivity contribution >= 4 is 15.7 Å². The molecule has 3 N–H and O–H groups in total. The molecule has 5 nitrogen and oxygen atoms in total. The molecule has 1 aliphatic rings. The number of rotatable bonds is 5. The van der Waals surface area contributed by atoms with Crippen molar-refractivity contribution in [1.29, 1.82) is 0 Å². The largest absolute Gasteiger partial charge is 0.369 e. The summed E-state index contributed by atoms with van der Waals surface area (Å²) in [7, 11) is -3.65. The van der Waals surface area contributed by atoms with E-state index in [-0.39, 0.29) is 24.1 Å². The van der Waals surface area contributed by atoms with Gasteiger partial charge in [-0.1, -0.05) is 30.3 Å². The van der Waals surface area contributed by atoms with Crippen LogP contribution in [-0.4, -0.2) is 32.2 Å². The summed E-state index contributed by atoms with van der Waals surface area (Å²) in [5.74, 6) is -2.30. The number of halogens is 2. The third kappa shape index (κ3) is 4.07. The van der Waals surface area contributed by atoms with Crippen molar-refractivity contribution in [2.45, 2.75) is 36.3 Å². The summed E-state index contributed by atoms with van der Waals surface area (Å²) in [6.45, 7) is 1.98. The van der Waals surface area contributed by atoms with E-state index >= 15 is 0 Å². The first-order valence-electron chi connectivity index (χ1n) is 8.96. The van der Waals surface area contributed by atoms with Gasteiger partial charge in [0.2, 0.25) is 5.91 Å². The molecule has 1 fully saturated rings. The molecule has 0 radical (unpaired) electrons. The van der Waals surface area contributed by atoms with E-state index in [1.54, 1.807) is 37.3 Å². The first-order valence-corrected chi connectivity index (χ1v) is 10.6. The summed E-state index contributed by atoms with van der Waals surface area (Å²) in [6, 6.07) is 10.3. The quantitative estimate of drug-likeness (QED) is 0.793. The molecular weight excluding hydrogens is 386 g/mol. The molecule has 0 bridgehead atoms. The highest BCUT2D eigenvalue weighted by Gasteiger charge is 2.42. The van der Waals surface area contributed by atoms with Crippen molar-refractivity contribution in [1.82, 2.24) is 5.32 Å². The van der Waals surface area contributed by atoms with Crippen LogP contribution in [0.2, 0.25) is 0 Å². The molecule has 150 valence electrons. The van der Waals surface area contributed by atoms with E-state index in [1.807, 2.05) is 0 Å². The summed E-state index contributed by atoms with van der Waals surface area (Å²) < 4.78 is 55.2. The van der Waals surface area contributed by atoms with Gasteiger partial charge in [-0.15, -0.1) is 0 Å². The van der Waals surface area contributed by atoms with Crippen molar-refractivity contribution in [3.63, 3.8) is 0 Å². The molecule has 0 spiro atoms. The van der Waals surface area contributed by atoms with Crippen LogP contribution in [0.15, 0.2) is 42.5 Å². The Morgan fingerprint density at radius 2 is 1.75 bits per heavy atom. The Bertz CT molecular complexity index is 980. The van der Waals surface area contributed by atoms with Gasteiger partial charge >= 0.3 is 0 Å². The van der Waals surface area contributed by atoms with Crippen LogP contribution < -0.4 is 11.1 Å². The van der Waals surface area contributed by atoms with Gasteiger partial charge in [0.25, 0.3) is 0 Å². The van der Waals surface area contributed by atoms with Crippen LogP contribution in [0.25, 0.3) is 0 Å². The highest BCUT2D eigenvalue weighted by molar-refractivity contribution is 7.92. The fourth-order valence-electron chi connectivity index (χ4n) is 3.63. The Hall–Kier alpha value is -2.32. The zero-order valence-corrected chi connectivity index (χ0v) is 16.2. The van der Waals surface area contributed by atoms with E-state index in [4.69, 9.17) is 5.73 Å². The second-order valence-electron chi connectivity index (χ2n) is 7.11. The maximum Gasteiger partial charge on any atom is 0.221 e. The van der Waals surface area contributed by atoms with Crippen LogP contribution in [0.1, 0.15) is 28.9 Å². The Kier molecular flexibility index (Phi) is 5.81. The fraction of sp³-hybridized carbons (Fsp3) is 0.350. The Morgan fingerprint density at radius 3 is 2.39 bits per heavy atom. The zero-order chi connectivity index (χ0) is 20.5. The minimum atomic E-state index is -3.65. The lowest BCUT2D eigenvalue weighted by atomic mass is 10.0. The van der Waals surface area contributed by atoms with Crippen molar-refractivity contribution < 1.29 is 22.0 Å². The molecule has 0 saturated carbocycles. The average Bonchev–Trinajstić information content (AvgIpc) is 2.62. The number of benzene rings is 2. The van der Waals surface area contributed by atoms with Crippen LogP contribution in [0.3, 0.4) is 0 Å². The number of carbonyl (C=O) groups is 1. The van der Waals surface area contributed by atoms with Gasteiger partial charge in [-0.25, -0.2) is 17.2 Å².